The molecule has 1 amide bonds. The molecule has 0 aliphatic carbocycles. The van der Waals surface area contributed by atoms with Crippen LogP contribution in [0.2, 0.25) is 0 Å². The molecule has 1 N–H and O–H groups in total. The van der Waals surface area contributed by atoms with Gasteiger partial charge in [-0.2, -0.15) is 0 Å². The van der Waals surface area contributed by atoms with Crippen LogP contribution < -0.4 is 0 Å². The van der Waals surface area contributed by atoms with Gasteiger partial charge in [-0.05, 0) is 26.3 Å². The van der Waals surface area contributed by atoms with Crippen LogP contribution in [0.4, 0.5) is 0 Å². The zero-order valence-corrected chi connectivity index (χ0v) is 10.6. The van der Waals surface area contributed by atoms with Gasteiger partial charge in [-0.3, -0.25) is 14.8 Å². The molecular weight excluding hydrogens is 230 g/mol. The number of hydroxylamine groups is 2. The van der Waals surface area contributed by atoms with Crippen LogP contribution in [0.5, 0.6) is 0 Å². The molecule has 0 aromatic heterocycles. The fourth-order valence-electron chi connectivity index (χ4n) is 2.13. The van der Waals surface area contributed by atoms with Crippen LogP contribution in [0.15, 0.2) is 35.9 Å². The number of carbonyl (C=O) groups is 2. The standard InChI is InChI=1S/C14H15NO3/c1-9-11(10-7-5-4-6-8-10)13(17)15(18)14(2,3)12(9)16/h4-8,18H,1-3H3. The smallest absolute Gasteiger partial charge is 0.279 e. The van der Waals surface area contributed by atoms with E-state index in [2.05, 4.69) is 0 Å². The number of Topliss-reactive ketones (excluding diaryl/α,β-unsaturated/α-hetero) is 1. The van der Waals surface area contributed by atoms with Gasteiger partial charge < -0.3 is 0 Å². The zero-order valence-electron chi connectivity index (χ0n) is 10.6. The van der Waals surface area contributed by atoms with Crippen LogP contribution in [0, 0.1) is 0 Å². The van der Waals surface area contributed by atoms with Gasteiger partial charge in [0.15, 0.2) is 5.78 Å². The molecule has 4 nitrogen and oxygen atoms in total. The van der Waals surface area contributed by atoms with Gasteiger partial charge in [-0.15, -0.1) is 0 Å². The van der Waals surface area contributed by atoms with Crippen molar-refractivity contribution < 1.29 is 14.8 Å². The van der Waals surface area contributed by atoms with Crippen molar-refractivity contribution in [2.45, 2.75) is 26.3 Å². The van der Waals surface area contributed by atoms with Gasteiger partial charge in [-0.25, -0.2) is 5.06 Å². The van der Waals surface area contributed by atoms with Gasteiger partial charge in [0.2, 0.25) is 0 Å². The van der Waals surface area contributed by atoms with Gasteiger partial charge in [0.05, 0.1) is 5.57 Å². The predicted molar refractivity (Wildman–Crippen MR) is 66.8 cm³/mol. The summed E-state index contributed by atoms with van der Waals surface area (Å²) < 4.78 is 0. The molecule has 0 radical (unpaired) electrons. The second-order valence-corrected chi connectivity index (χ2v) is 4.87. The highest BCUT2D eigenvalue weighted by molar-refractivity contribution is 6.30. The highest BCUT2D eigenvalue weighted by atomic mass is 16.5. The summed E-state index contributed by atoms with van der Waals surface area (Å²) in [6, 6.07) is 8.89. The lowest BCUT2D eigenvalue weighted by Crippen LogP contribution is -2.55. The lowest BCUT2D eigenvalue weighted by molar-refractivity contribution is -0.186. The lowest BCUT2D eigenvalue weighted by atomic mass is 9.84. The Labute approximate surface area is 105 Å². The Morgan fingerprint density at radius 3 is 2.22 bits per heavy atom. The van der Waals surface area contributed by atoms with Crippen molar-refractivity contribution in [1.82, 2.24) is 5.06 Å². The fourth-order valence-corrected chi connectivity index (χ4v) is 2.13. The number of nitrogens with zero attached hydrogens (tertiary/aromatic N) is 1. The van der Waals surface area contributed by atoms with E-state index < -0.39 is 11.4 Å². The Morgan fingerprint density at radius 1 is 1.11 bits per heavy atom. The minimum Gasteiger partial charge on any atom is -0.292 e. The number of carbonyl (C=O) groups excluding carboxylic acids is 2. The molecule has 0 unspecified atom stereocenters. The minimum atomic E-state index is -1.21. The highest BCUT2D eigenvalue weighted by Crippen LogP contribution is 2.32. The Balaban J connectivity index is 2.64. The first-order chi connectivity index (χ1) is 8.37. The average molecular weight is 245 g/mol. The van der Waals surface area contributed by atoms with Gasteiger partial charge in [0.1, 0.15) is 5.54 Å². The fraction of sp³-hybridized carbons (Fsp3) is 0.286. The summed E-state index contributed by atoms with van der Waals surface area (Å²) in [6.07, 6.45) is 0. The van der Waals surface area contributed by atoms with Crippen molar-refractivity contribution in [2.75, 3.05) is 0 Å². The molecule has 2 rings (SSSR count). The number of rotatable bonds is 1. The van der Waals surface area contributed by atoms with E-state index in [1.165, 1.54) is 13.8 Å². The number of ketones is 1. The molecule has 1 aliphatic heterocycles. The van der Waals surface area contributed by atoms with E-state index in [0.717, 1.165) is 0 Å². The summed E-state index contributed by atoms with van der Waals surface area (Å²) in [4.78, 5) is 24.3. The molecule has 0 atom stereocenters. The van der Waals surface area contributed by atoms with E-state index >= 15 is 0 Å². The summed E-state index contributed by atoms with van der Waals surface area (Å²) in [5.41, 5.74) is 0.0891. The third-order valence-electron chi connectivity index (χ3n) is 3.27. The highest BCUT2D eigenvalue weighted by Gasteiger charge is 2.45. The Morgan fingerprint density at radius 2 is 1.67 bits per heavy atom. The molecule has 1 aromatic rings. The van der Waals surface area contributed by atoms with Crippen LogP contribution in [-0.2, 0) is 9.59 Å². The van der Waals surface area contributed by atoms with E-state index in [0.29, 0.717) is 16.2 Å². The van der Waals surface area contributed by atoms with Crippen molar-refractivity contribution >= 4 is 17.3 Å². The van der Waals surface area contributed by atoms with Crippen LogP contribution >= 0.6 is 0 Å². The second kappa shape index (κ2) is 4.07. The molecule has 0 fully saturated rings. The summed E-state index contributed by atoms with van der Waals surface area (Å²) in [6.45, 7) is 4.67. The third kappa shape index (κ3) is 1.66. The number of hydrogen-bond donors (Lipinski definition) is 1. The third-order valence-corrected chi connectivity index (χ3v) is 3.27. The molecule has 94 valence electrons. The molecule has 1 heterocycles. The van der Waals surface area contributed by atoms with Crippen molar-refractivity contribution in [3.05, 3.63) is 41.5 Å². The van der Waals surface area contributed by atoms with Gasteiger partial charge >= 0.3 is 0 Å². The minimum absolute atomic E-state index is 0.247. The van der Waals surface area contributed by atoms with E-state index in [1.54, 1.807) is 31.2 Å². The molecule has 0 spiro atoms. The molecule has 18 heavy (non-hydrogen) atoms. The second-order valence-electron chi connectivity index (χ2n) is 4.87. The molecular formula is C14H15NO3. The maximum atomic E-state index is 12.2. The Bertz CT molecular complexity index is 543. The van der Waals surface area contributed by atoms with Crippen molar-refractivity contribution in [1.29, 1.82) is 0 Å². The van der Waals surface area contributed by atoms with E-state index in [9.17, 15) is 14.8 Å². The molecule has 1 aliphatic rings. The Hall–Kier alpha value is -1.94. The summed E-state index contributed by atoms with van der Waals surface area (Å²) in [5, 5.41) is 10.4. The summed E-state index contributed by atoms with van der Waals surface area (Å²) in [7, 11) is 0. The maximum absolute atomic E-state index is 12.2. The van der Waals surface area contributed by atoms with Crippen LogP contribution in [0.25, 0.3) is 5.57 Å². The van der Waals surface area contributed by atoms with Crippen molar-refractivity contribution in [3.8, 4) is 0 Å². The monoisotopic (exact) mass is 245 g/mol. The lowest BCUT2D eigenvalue weighted by Gasteiger charge is -2.37. The molecule has 0 bridgehead atoms. The number of hydrogen-bond acceptors (Lipinski definition) is 3. The number of amides is 1. The van der Waals surface area contributed by atoms with Crippen molar-refractivity contribution in [2.24, 2.45) is 0 Å². The maximum Gasteiger partial charge on any atom is 0.279 e. The quantitative estimate of drug-likeness (QED) is 0.770. The van der Waals surface area contributed by atoms with E-state index in [4.69, 9.17) is 0 Å². The summed E-state index contributed by atoms with van der Waals surface area (Å²) in [5.74, 6) is -0.785. The first-order valence-electron chi connectivity index (χ1n) is 5.72. The summed E-state index contributed by atoms with van der Waals surface area (Å²) >= 11 is 0. The van der Waals surface area contributed by atoms with Gasteiger partial charge in [-0.1, -0.05) is 30.3 Å². The first kappa shape index (κ1) is 12.5. The SMILES string of the molecule is CC1=C(c2ccccc2)C(=O)N(O)C(C)(C)C1=O. The van der Waals surface area contributed by atoms with Crippen molar-refractivity contribution in [3.63, 3.8) is 0 Å². The zero-order chi connectivity index (χ0) is 13.5. The first-order valence-corrected chi connectivity index (χ1v) is 5.72. The van der Waals surface area contributed by atoms with E-state index in [-0.39, 0.29) is 11.4 Å². The molecule has 1 aromatic carbocycles. The topological polar surface area (TPSA) is 57.6 Å². The van der Waals surface area contributed by atoms with Crippen LogP contribution in [-0.4, -0.2) is 27.5 Å². The number of benzene rings is 1. The molecule has 0 saturated heterocycles. The average Bonchev–Trinajstić information content (AvgIpc) is 2.36. The van der Waals surface area contributed by atoms with Gasteiger partial charge in [0, 0.05) is 5.57 Å². The van der Waals surface area contributed by atoms with E-state index in [1.807, 2.05) is 6.07 Å². The van der Waals surface area contributed by atoms with Crippen LogP contribution in [0.3, 0.4) is 0 Å². The predicted octanol–water partition coefficient (Wildman–Crippen LogP) is 2.04. The largest absolute Gasteiger partial charge is 0.292 e. The normalized spacial score (nSPS) is 19.4. The Kier molecular flexibility index (Phi) is 2.83. The molecule has 4 heteroatoms. The molecule has 0 saturated carbocycles. The van der Waals surface area contributed by atoms with Gasteiger partial charge in [0.25, 0.3) is 5.91 Å². The van der Waals surface area contributed by atoms with Crippen LogP contribution in [0.1, 0.15) is 26.3 Å².